The van der Waals surface area contributed by atoms with Crippen molar-refractivity contribution in [3.8, 4) is 0 Å². The fraction of sp³-hybridized carbons (Fsp3) is 0.688. The Morgan fingerprint density at radius 1 is 1.08 bits per heavy atom. The van der Waals surface area contributed by atoms with Crippen LogP contribution in [0.15, 0.2) is 0 Å². The molecule has 0 aliphatic heterocycles. The predicted octanol–water partition coefficient (Wildman–Crippen LogP) is 0.530. The van der Waals surface area contributed by atoms with Crippen molar-refractivity contribution in [3.05, 3.63) is 0 Å². The van der Waals surface area contributed by atoms with Crippen molar-refractivity contribution >= 4 is 40.4 Å². The topological polar surface area (TPSA) is 110 Å². The number of hydrogen-bond donors (Lipinski definition) is 1. The third kappa shape index (κ3) is 7.68. The number of nitrogens with one attached hydrogen (secondary N) is 1. The van der Waals surface area contributed by atoms with Gasteiger partial charge in [0.05, 0.1) is 13.5 Å². The van der Waals surface area contributed by atoms with Crippen molar-refractivity contribution < 1.29 is 28.7 Å². The maximum Gasteiger partial charge on any atom is 0.374 e. The fourth-order valence-electron chi connectivity index (χ4n) is 2.02. The first kappa shape index (κ1) is 23.1. The zero-order chi connectivity index (χ0) is 19.6. The highest BCUT2D eigenvalue weighted by Crippen LogP contribution is 2.19. The first-order valence-corrected chi connectivity index (χ1v) is 8.98. The van der Waals surface area contributed by atoms with Crippen LogP contribution in [0.25, 0.3) is 0 Å². The summed E-state index contributed by atoms with van der Waals surface area (Å²) in [5.41, 5.74) is 0. The number of Topliss-reactive ketones (excluding diaryl/α,β-unsaturated/α-hetero) is 1. The molecule has 0 aliphatic carbocycles. The maximum atomic E-state index is 12.6. The van der Waals surface area contributed by atoms with Gasteiger partial charge in [-0.05, 0) is 13.8 Å². The minimum absolute atomic E-state index is 0.203. The molecule has 0 aliphatic rings. The molecule has 0 aromatic rings. The van der Waals surface area contributed by atoms with Gasteiger partial charge in [-0.25, -0.2) is 4.79 Å². The van der Waals surface area contributed by atoms with Gasteiger partial charge in [-0.15, -0.1) is 0 Å². The van der Waals surface area contributed by atoms with E-state index in [9.17, 15) is 24.0 Å². The maximum absolute atomic E-state index is 12.6. The Hall–Kier alpha value is -1.90. The van der Waals surface area contributed by atoms with Crippen LogP contribution in [0, 0.1) is 0 Å². The van der Waals surface area contributed by atoms with Gasteiger partial charge >= 0.3 is 5.97 Å². The highest BCUT2D eigenvalue weighted by Gasteiger charge is 2.32. The molecule has 0 aromatic heterocycles. The molecule has 0 rings (SSSR count). The standard InChI is InChI=1S/C16H26N2O6S/c1-6-12(20)17-14(15(22)18(7-2)8-3)10(4)25-13(21)9-11(19)16(23)24-5/h10,14H,6-9H2,1-5H3,(H,17,20). The van der Waals surface area contributed by atoms with Crippen LogP contribution in [-0.4, -0.2) is 65.1 Å². The van der Waals surface area contributed by atoms with Gasteiger partial charge in [0, 0.05) is 24.8 Å². The third-order valence-corrected chi connectivity index (χ3v) is 4.53. The highest BCUT2D eigenvalue weighted by atomic mass is 32.2. The van der Waals surface area contributed by atoms with Crippen LogP contribution in [0.2, 0.25) is 0 Å². The Labute approximate surface area is 152 Å². The van der Waals surface area contributed by atoms with Crippen molar-refractivity contribution in [2.75, 3.05) is 20.2 Å². The largest absolute Gasteiger partial charge is 0.463 e. The lowest BCUT2D eigenvalue weighted by Crippen LogP contribution is -2.53. The molecule has 0 radical (unpaired) electrons. The molecule has 0 saturated heterocycles. The van der Waals surface area contributed by atoms with E-state index in [0.29, 0.717) is 13.1 Å². The first-order chi connectivity index (χ1) is 11.7. The van der Waals surface area contributed by atoms with Crippen molar-refractivity contribution in [2.45, 2.75) is 51.8 Å². The van der Waals surface area contributed by atoms with E-state index in [1.54, 1.807) is 18.7 Å². The SMILES string of the molecule is CCC(=O)NC(C(=O)N(CC)CC)C(C)SC(=O)CC(=O)C(=O)OC. The number of esters is 1. The van der Waals surface area contributed by atoms with Crippen LogP contribution in [0.1, 0.15) is 40.5 Å². The minimum Gasteiger partial charge on any atom is -0.463 e. The molecule has 25 heavy (non-hydrogen) atoms. The number of thioether (sulfide) groups is 1. The van der Waals surface area contributed by atoms with E-state index in [1.807, 2.05) is 13.8 Å². The predicted molar refractivity (Wildman–Crippen MR) is 93.8 cm³/mol. The Morgan fingerprint density at radius 3 is 2.08 bits per heavy atom. The van der Waals surface area contributed by atoms with Gasteiger partial charge in [0.2, 0.25) is 17.6 Å². The van der Waals surface area contributed by atoms with Crippen molar-refractivity contribution in [1.29, 1.82) is 0 Å². The second-order valence-electron chi connectivity index (χ2n) is 5.20. The molecule has 0 fully saturated rings. The molecule has 2 amide bonds. The van der Waals surface area contributed by atoms with E-state index < -0.39 is 34.6 Å². The molecule has 0 spiro atoms. The lowest BCUT2D eigenvalue weighted by atomic mass is 10.1. The van der Waals surface area contributed by atoms with E-state index >= 15 is 0 Å². The van der Waals surface area contributed by atoms with E-state index in [0.717, 1.165) is 18.9 Å². The summed E-state index contributed by atoms with van der Waals surface area (Å²) in [6, 6.07) is -0.894. The zero-order valence-corrected chi connectivity index (χ0v) is 16.1. The second-order valence-corrected chi connectivity index (χ2v) is 6.63. The van der Waals surface area contributed by atoms with E-state index in [1.165, 1.54) is 0 Å². The lowest BCUT2D eigenvalue weighted by molar-refractivity contribution is -0.152. The number of ketones is 1. The van der Waals surface area contributed by atoms with Crippen LogP contribution in [0.4, 0.5) is 0 Å². The summed E-state index contributed by atoms with van der Waals surface area (Å²) in [6.45, 7) is 7.86. The molecule has 2 unspecified atom stereocenters. The number of rotatable bonds is 10. The molecule has 2 atom stereocenters. The van der Waals surface area contributed by atoms with Crippen LogP contribution in [0.3, 0.4) is 0 Å². The van der Waals surface area contributed by atoms with Crippen molar-refractivity contribution in [1.82, 2.24) is 10.2 Å². The Bertz CT molecular complexity index is 519. The van der Waals surface area contributed by atoms with Crippen LogP contribution >= 0.6 is 11.8 Å². The first-order valence-electron chi connectivity index (χ1n) is 8.10. The molecule has 0 aromatic carbocycles. The van der Waals surface area contributed by atoms with Gasteiger partial charge in [-0.1, -0.05) is 25.6 Å². The molecule has 0 heterocycles. The van der Waals surface area contributed by atoms with Gasteiger partial charge < -0.3 is 15.0 Å². The van der Waals surface area contributed by atoms with E-state index in [2.05, 4.69) is 10.1 Å². The van der Waals surface area contributed by atoms with Crippen molar-refractivity contribution in [3.63, 3.8) is 0 Å². The fourth-order valence-corrected chi connectivity index (χ4v) is 2.97. The van der Waals surface area contributed by atoms with E-state index in [4.69, 9.17) is 0 Å². The number of methoxy groups -OCH3 is 1. The average molecular weight is 374 g/mol. The number of hydrogen-bond acceptors (Lipinski definition) is 7. The molecule has 9 heteroatoms. The quantitative estimate of drug-likeness (QED) is 0.337. The van der Waals surface area contributed by atoms with Gasteiger partial charge in [-0.2, -0.15) is 0 Å². The van der Waals surface area contributed by atoms with Gasteiger partial charge in [0.1, 0.15) is 6.04 Å². The second kappa shape index (κ2) is 11.6. The summed E-state index contributed by atoms with van der Waals surface area (Å²) in [7, 11) is 1.06. The Balaban J connectivity index is 5.08. The number of ether oxygens (including phenoxy) is 1. The third-order valence-electron chi connectivity index (χ3n) is 3.48. The molecule has 0 bridgehead atoms. The number of carbonyl (C=O) groups excluding carboxylic acids is 5. The molecule has 1 N–H and O–H groups in total. The smallest absolute Gasteiger partial charge is 0.374 e. The normalized spacial score (nSPS) is 12.7. The van der Waals surface area contributed by atoms with Gasteiger partial charge in [0.15, 0.2) is 5.12 Å². The summed E-state index contributed by atoms with van der Waals surface area (Å²) in [5, 5.41) is 1.47. The number of likely N-dealkylation sites (N-methyl/N-ethyl adjacent to an activating group) is 1. The highest BCUT2D eigenvalue weighted by molar-refractivity contribution is 8.14. The van der Waals surface area contributed by atoms with Crippen LogP contribution < -0.4 is 5.32 Å². The van der Waals surface area contributed by atoms with Gasteiger partial charge in [0.25, 0.3) is 0 Å². The number of carbonyl (C=O) groups is 5. The molecule has 142 valence electrons. The molecular weight excluding hydrogens is 348 g/mol. The molecular formula is C16H26N2O6S. The summed E-state index contributed by atoms with van der Waals surface area (Å²) >= 11 is 0.753. The lowest BCUT2D eigenvalue weighted by Gasteiger charge is -2.29. The minimum atomic E-state index is -1.09. The van der Waals surface area contributed by atoms with Gasteiger partial charge in [-0.3, -0.25) is 19.2 Å². The van der Waals surface area contributed by atoms with Crippen LogP contribution in [0.5, 0.6) is 0 Å². The average Bonchev–Trinajstić information content (AvgIpc) is 2.58. The monoisotopic (exact) mass is 374 g/mol. The van der Waals surface area contributed by atoms with E-state index in [-0.39, 0.29) is 18.2 Å². The summed E-state index contributed by atoms with van der Waals surface area (Å²) in [5.74, 6) is -2.64. The molecule has 0 saturated carbocycles. The Kier molecular flexibility index (Phi) is 10.7. The number of amides is 2. The van der Waals surface area contributed by atoms with Crippen LogP contribution in [-0.2, 0) is 28.7 Å². The summed E-state index contributed by atoms with van der Waals surface area (Å²) in [6.07, 6.45) is -0.413. The molecule has 8 nitrogen and oxygen atoms in total. The Morgan fingerprint density at radius 2 is 1.64 bits per heavy atom. The summed E-state index contributed by atoms with van der Waals surface area (Å²) < 4.78 is 4.26. The summed E-state index contributed by atoms with van der Waals surface area (Å²) in [4.78, 5) is 60.4. The van der Waals surface area contributed by atoms with Crippen molar-refractivity contribution in [2.24, 2.45) is 0 Å². The number of nitrogens with zero attached hydrogens (tertiary/aromatic N) is 1. The zero-order valence-electron chi connectivity index (χ0n) is 15.3.